The van der Waals surface area contributed by atoms with Crippen LogP contribution in [-0.2, 0) is 0 Å². The van der Waals surface area contributed by atoms with Gasteiger partial charge in [-0.25, -0.2) is 4.79 Å². The van der Waals surface area contributed by atoms with Crippen LogP contribution in [-0.4, -0.2) is 36.6 Å². The van der Waals surface area contributed by atoms with Gasteiger partial charge in [-0.05, 0) is 30.3 Å². The number of para-hydroxylation sites is 1. The van der Waals surface area contributed by atoms with E-state index in [1.54, 1.807) is 36.4 Å². The van der Waals surface area contributed by atoms with E-state index in [-0.39, 0.29) is 11.5 Å². The van der Waals surface area contributed by atoms with Crippen LogP contribution in [0.15, 0.2) is 68.0 Å². The van der Waals surface area contributed by atoms with Crippen molar-refractivity contribution >= 4 is 28.4 Å². The molecule has 4 aromatic rings. The first-order chi connectivity index (χ1) is 13.6. The summed E-state index contributed by atoms with van der Waals surface area (Å²) in [5.74, 6) is 0.895. The van der Waals surface area contributed by atoms with Gasteiger partial charge in [-0.15, -0.1) is 10.2 Å². The zero-order valence-corrected chi connectivity index (χ0v) is 15.1. The summed E-state index contributed by atoms with van der Waals surface area (Å²) in [5, 5.41) is 33.7. The minimum atomic E-state index is -0.543. The molecule has 28 heavy (non-hydrogen) atoms. The predicted octanol–water partition coefficient (Wildman–Crippen LogP) is 2.82. The zero-order chi connectivity index (χ0) is 19.3. The van der Waals surface area contributed by atoms with Gasteiger partial charge in [0.1, 0.15) is 17.1 Å². The molecule has 138 valence electrons. The largest absolute Gasteiger partial charge is 0.508 e. The first-order valence-corrected chi connectivity index (χ1v) is 9.30. The van der Waals surface area contributed by atoms with Crippen LogP contribution in [0.2, 0.25) is 0 Å². The van der Waals surface area contributed by atoms with Gasteiger partial charge in [0.05, 0.1) is 16.8 Å². The topological polar surface area (TPSA) is 114 Å². The van der Waals surface area contributed by atoms with Crippen molar-refractivity contribution in [3.8, 4) is 22.9 Å². The lowest BCUT2D eigenvalue weighted by molar-refractivity contribution is 0.473. The summed E-state index contributed by atoms with van der Waals surface area (Å²) in [6.07, 6.45) is 0. The fraction of sp³-hybridized carbons (Fsp3) is 0.0526. The zero-order valence-electron chi connectivity index (χ0n) is 14.2. The van der Waals surface area contributed by atoms with Crippen LogP contribution < -0.4 is 5.63 Å². The number of aromatic nitrogens is 3. The maximum atomic E-state index is 12.5. The fourth-order valence-corrected chi connectivity index (χ4v) is 3.82. The quantitative estimate of drug-likeness (QED) is 0.504. The molecule has 2 N–H and O–H groups in total. The molecule has 0 saturated carbocycles. The summed E-state index contributed by atoms with van der Waals surface area (Å²) in [6.45, 7) is 0. The highest BCUT2D eigenvalue weighted by molar-refractivity contribution is 7.99. The van der Waals surface area contributed by atoms with Gasteiger partial charge in [0.15, 0.2) is 5.82 Å². The van der Waals surface area contributed by atoms with E-state index in [1.807, 2.05) is 0 Å². The summed E-state index contributed by atoms with van der Waals surface area (Å²) in [6, 6.07) is 13.1. The maximum absolute atomic E-state index is 12.5. The van der Waals surface area contributed by atoms with Gasteiger partial charge in [0, 0.05) is 17.2 Å². The van der Waals surface area contributed by atoms with Crippen LogP contribution in [0.25, 0.3) is 22.4 Å². The SMILES string of the molecule is O=c1oc2cc(O)ccc2cc1C1=Nn2c(nnc2-c2ccccc2O)SC1. The molecule has 8 nitrogen and oxygen atoms in total. The fourth-order valence-electron chi connectivity index (χ4n) is 2.99. The molecule has 0 atom stereocenters. The average Bonchev–Trinajstić information content (AvgIpc) is 3.11. The first-order valence-electron chi connectivity index (χ1n) is 8.32. The normalized spacial score (nSPS) is 13.4. The van der Waals surface area contributed by atoms with Gasteiger partial charge < -0.3 is 14.6 Å². The average molecular weight is 392 g/mol. The molecule has 1 aliphatic rings. The molecule has 3 heterocycles. The molecule has 0 saturated heterocycles. The minimum Gasteiger partial charge on any atom is -0.508 e. The van der Waals surface area contributed by atoms with E-state index in [4.69, 9.17) is 4.42 Å². The Balaban J connectivity index is 1.66. The van der Waals surface area contributed by atoms with Crippen molar-refractivity contribution in [1.82, 2.24) is 14.9 Å². The molecule has 2 aromatic carbocycles. The Morgan fingerprint density at radius 3 is 2.75 bits per heavy atom. The van der Waals surface area contributed by atoms with Crippen molar-refractivity contribution in [1.29, 1.82) is 0 Å². The summed E-state index contributed by atoms with van der Waals surface area (Å²) in [5.41, 5.74) is 1.09. The number of fused-ring (bicyclic) bond motifs is 2. The van der Waals surface area contributed by atoms with Crippen molar-refractivity contribution in [3.63, 3.8) is 0 Å². The molecule has 9 heteroatoms. The van der Waals surface area contributed by atoms with Crippen LogP contribution in [0.1, 0.15) is 5.56 Å². The molecule has 2 aromatic heterocycles. The molecule has 0 unspecified atom stereocenters. The molecule has 0 aliphatic carbocycles. The van der Waals surface area contributed by atoms with Crippen LogP contribution in [0.4, 0.5) is 0 Å². The Morgan fingerprint density at radius 1 is 1.04 bits per heavy atom. The Hall–Kier alpha value is -3.59. The summed E-state index contributed by atoms with van der Waals surface area (Å²) < 4.78 is 6.86. The molecule has 5 rings (SSSR count). The number of rotatable bonds is 2. The number of hydrogen-bond donors (Lipinski definition) is 2. The van der Waals surface area contributed by atoms with E-state index in [0.717, 1.165) is 0 Å². The Bertz CT molecular complexity index is 1330. The molecule has 0 fully saturated rings. The first kappa shape index (κ1) is 16.6. The van der Waals surface area contributed by atoms with Gasteiger partial charge >= 0.3 is 5.63 Å². The number of benzene rings is 2. The van der Waals surface area contributed by atoms with Crippen molar-refractivity contribution in [2.24, 2.45) is 5.10 Å². The van der Waals surface area contributed by atoms with Crippen LogP contribution >= 0.6 is 11.8 Å². The highest BCUT2D eigenvalue weighted by Crippen LogP contribution is 2.32. The Morgan fingerprint density at radius 2 is 1.89 bits per heavy atom. The van der Waals surface area contributed by atoms with Crippen molar-refractivity contribution < 1.29 is 14.6 Å². The monoisotopic (exact) mass is 392 g/mol. The lowest BCUT2D eigenvalue weighted by atomic mass is 10.1. The molecule has 1 aliphatic heterocycles. The second-order valence-corrected chi connectivity index (χ2v) is 7.08. The van der Waals surface area contributed by atoms with Gasteiger partial charge in [-0.2, -0.15) is 9.78 Å². The molecular weight excluding hydrogens is 380 g/mol. The van der Waals surface area contributed by atoms with Crippen LogP contribution in [0, 0.1) is 0 Å². The summed E-state index contributed by atoms with van der Waals surface area (Å²) in [4.78, 5) is 12.5. The third kappa shape index (κ3) is 2.64. The number of aromatic hydroxyl groups is 2. The molecule has 0 spiro atoms. The van der Waals surface area contributed by atoms with Gasteiger partial charge in [-0.3, -0.25) is 0 Å². The van der Waals surface area contributed by atoms with E-state index in [1.165, 1.54) is 28.6 Å². The Kier molecular flexibility index (Phi) is 3.69. The summed E-state index contributed by atoms with van der Waals surface area (Å²) >= 11 is 1.39. The third-order valence-corrected chi connectivity index (χ3v) is 5.28. The van der Waals surface area contributed by atoms with Crippen molar-refractivity contribution in [2.75, 3.05) is 5.75 Å². The van der Waals surface area contributed by atoms with E-state index in [9.17, 15) is 15.0 Å². The minimum absolute atomic E-state index is 0.0235. The number of phenolic OH excluding ortho intramolecular Hbond substituents is 2. The second kappa shape index (κ2) is 6.24. The molecular formula is C19H12N4O4S. The number of hydrogen-bond acceptors (Lipinski definition) is 8. The molecule has 0 radical (unpaired) electrons. The van der Waals surface area contributed by atoms with E-state index >= 15 is 0 Å². The van der Waals surface area contributed by atoms with Crippen molar-refractivity contribution in [3.05, 3.63) is 64.5 Å². The van der Waals surface area contributed by atoms with E-state index in [2.05, 4.69) is 15.3 Å². The van der Waals surface area contributed by atoms with Crippen LogP contribution in [0.3, 0.4) is 0 Å². The lowest BCUT2D eigenvalue weighted by Crippen LogP contribution is -2.21. The third-order valence-electron chi connectivity index (χ3n) is 4.35. The number of phenols is 2. The molecule has 0 bridgehead atoms. The van der Waals surface area contributed by atoms with E-state index < -0.39 is 5.63 Å². The van der Waals surface area contributed by atoms with Gasteiger partial charge in [0.2, 0.25) is 5.16 Å². The number of nitrogens with zero attached hydrogens (tertiary/aromatic N) is 4. The highest BCUT2D eigenvalue weighted by Gasteiger charge is 2.24. The molecule has 0 amide bonds. The highest BCUT2D eigenvalue weighted by atomic mass is 32.2. The van der Waals surface area contributed by atoms with E-state index in [0.29, 0.717) is 44.5 Å². The van der Waals surface area contributed by atoms with Gasteiger partial charge in [-0.1, -0.05) is 23.9 Å². The van der Waals surface area contributed by atoms with Gasteiger partial charge in [0.25, 0.3) is 0 Å². The maximum Gasteiger partial charge on any atom is 0.345 e. The van der Waals surface area contributed by atoms with Crippen LogP contribution in [0.5, 0.6) is 11.5 Å². The predicted molar refractivity (Wildman–Crippen MR) is 104 cm³/mol. The standard InChI is InChI=1S/C19H12N4O4S/c24-11-6-5-10-7-13(18(26)27-16(10)8-11)14-9-28-19-21-20-17(23(19)22-14)12-3-1-2-4-15(12)25/h1-8,24-25H,9H2. The Labute approximate surface area is 161 Å². The second-order valence-electron chi connectivity index (χ2n) is 6.14. The number of thioether (sulfide) groups is 1. The smallest absolute Gasteiger partial charge is 0.345 e. The lowest BCUT2D eigenvalue weighted by Gasteiger charge is -2.13. The van der Waals surface area contributed by atoms with Crippen molar-refractivity contribution in [2.45, 2.75) is 5.16 Å². The summed E-state index contributed by atoms with van der Waals surface area (Å²) in [7, 11) is 0.